The molecular formula is C14H25N3O. The predicted molar refractivity (Wildman–Crippen MR) is 71.3 cm³/mol. The zero-order valence-corrected chi connectivity index (χ0v) is 12.1. The van der Waals surface area contributed by atoms with Crippen molar-refractivity contribution in [2.75, 3.05) is 46.3 Å². The van der Waals surface area contributed by atoms with Crippen LogP contribution in [0.3, 0.4) is 0 Å². The van der Waals surface area contributed by atoms with Gasteiger partial charge < -0.3 is 9.80 Å². The van der Waals surface area contributed by atoms with Crippen molar-refractivity contribution in [3.8, 4) is 0 Å². The first kappa shape index (κ1) is 12.4. The van der Waals surface area contributed by atoms with Crippen LogP contribution in [0.1, 0.15) is 20.8 Å². The summed E-state index contributed by atoms with van der Waals surface area (Å²) in [6, 6.07) is 0. The van der Waals surface area contributed by atoms with Gasteiger partial charge in [0.15, 0.2) is 0 Å². The first-order valence-corrected chi connectivity index (χ1v) is 7.02. The second kappa shape index (κ2) is 3.70. The lowest BCUT2D eigenvalue weighted by molar-refractivity contribution is -0.167. The third kappa shape index (κ3) is 1.86. The van der Waals surface area contributed by atoms with Crippen LogP contribution < -0.4 is 0 Å². The molecule has 0 atom stereocenters. The Hall–Kier alpha value is -0.610. The molecule has 18 heavy (non-hydrogen) atoms. The molecule has 3 rings (SSSR count). The molecule has 0 radical (unpaired) electrons. The molecule has 1 amide bonds. The highest BCUT2D eigenvalue weighted by Gasteiger charge is 2.53. The third-order valence-electron chi connectivity index (χ3n) is 4.75. The van der Waals surface area contributed by atoms with Crippen molar-refractivity contribution in [3.05, 3.63) is 0 Å². The van der Waals surface area contributed by atoms with Crippen LogP contribution in [-0.2, 0) is 4.79 Å². The first-order chi connectivity index (χ1) is 8.29. The van der Waals surface area contributed by atoms with Gasteiger partial charge in [0.1, 0.15) is 0 Å². The molecule has 3 aliphatic rings. The molecule has 3 aliphatic heterocycles. The van der Waals surface area contributed by atoms with E-state index in [2.05, 4.69) is 42.5 Å². The van der Waals surface area contributed by atoms with Crippen molar-refractivity contribution in [3.63, 3.8) is 0 Å². The summed E-state index contributed by atoms with van der Waals surface area (Å²) >= 11 is 0. The van der Waals surface area contributed by atoms with Crippen LogP contribution in [0.4, 0.5) is 0 Å². The number of nitrogens with zero attached hydrogens (tertiary/aromatic N) is 3. The Morgan fingerprint density at radius 3 is 2.11 bits per heavy atom. The smallest absolute Gasteiger partial charge is 0.228 e. The minimum Gasteiger partial charge on any atom is -0.341 e. The minimum atomic E-state index is 0.212. The molecule has 3 fully saturated rings. The van der Waals surface area contributed by atoms with Gasteiger partial charge in [0.2, 0.25) is 5.91 Å². The maximum atomic E-state index is 12.3. The molecule has 0 N–H and O–H groups in total. The van der Waals surface area contributed by atoms with Gasteiger partial charge in [-0.1, -0.05) is 0 Å². The summed E-state index contributed by atoms with van der Waals surface area (Å²) in [6.45, 7) is 12.9. The molecule has 0 aromatic heterocycles. The second-order valence-electron chi connectivity index (χ2n) is 7.64. The average Bonchev–Trinajstić information content (AvgIpc) is 2.02. The van der Waals surface area contributed by atoms with Gasteiger partial charge in [-0.05, 0) is 27.8 Å². The van der Waals surface area contributed by atoms with Crippen molar-refractivity contribution >= 4 is 5.91 Å². The SMILES string of the molecule is CN1CC2(C1)CN(C(=O)C1CN(C(C)(C)C)C1)C2. The van der Waals surface area contributed by atoms with Crippen LogP contribution in [0.15, 0.2) is 0 Å². The summed E-state index contributed by atoms with van der Waals surface area (Å²) in [5.41, 5.74) is 0.682. The van der Waals surface area contributed by atoms with E-state index in [1.807, 2.05) is 0 Å². The lowest BCUT2D eigenvalue weighted by atomic mass is 9.72. The largest absolute Gasteiger partial charge is 0.341 e. The summed E-state index contributed by atoms with van der Waals surface area (Å²) in [7, 11) is 2.16. The molecule has 0 saturated carbocycles. The summed E-state index contributed by atoms with van der Waals surface area (Å²) in [6.07, 6.45) is 0. The predicted octanol–water partition coefficient (Wildman–Crippen LogP) is 0.491. The molecule has 1 spiro atoms. The van der Waals surface area contributed by atoms with Crippen LogP contribution in [0.5, 0.6) is 0 Å². The zero-order valence-electron chi connectivity index (χ0n) is 12.1. The third-order valence-corrected chi connectivity index (χ3v) is 4.75. The summed E-state index contributed by atoms with van der Waals surface area (Å²) < 4.78 is 0. The van der Waals surface area contributed by atoms with Crippen LogP contribution >= 0.6 is 0 Å². The Balaban J connectivity index is 1.45. The minimum absolute atomic E-state index is 0.212. The lowest BCUT2D eigenvalue weighted by Crippen LogP contribution is -2.73. The van der Waals surface area contributed by atoms with E-state index in [-0.39, 0.29) is 11.5 Å². The molecule has 0 aromatic rings. The van der Waals surface area contributed by atoms with E-state index in [9.17, 15) is 4.79 Å². The summed E-state index contributed by atoms with van der Waals surface area (Å²) in [5.74, 6) is 0.662. The van der Waals surface area contributed by atoms with Crippen molar-refractivity contribution in [2.45, 2.75) is 26.3 Å². The van der Waals surface area contributed by atoms with Gasteiger partial charge in [-0.25, -0.2) is 0 Å². The molecule has 3 saturated heterocycles. The van der Waals surface area contributed by atoms with Gasteiger partial charge in [0.05, 0.1) is 5.92 Å². The van der Waals surface area contributed by atoms with Crippen LogP contribution in [0.25, 0.3) is 0 Å². The Morgan fingerprint density at radius 1 is 1.11 bits per heavy atom. The van der Waals surface area contributed by atoms with Crippen molar-refractivity contribution in [2.24, 2.45) is 11.3 Å². The molecule has 0 unspecified atom stereocenters. The zero-order chi connectivity index (χ0) is 13.1. The highest BCUT2D eigenvalue weighted by Crippen LogP contribution is 2.40. The molecule has 102 valence electrons. The van der Waals surface area contributed by atoms with Gasteiger partial charge >= 0.3 is 0 Å². The molecule has 4 nitrogen and oxygen atoms in total. The first-order valence-electron chi connectivity index (χ1n) is 7.02. The van der Waals surface area contributed by atoms with E-state index in [1.165, 1.54) is 13.1 Å². The quantitative estimate of drug-likeness (QED) is 0.679. The number of hydrogen-bond donors (Lipinski definition) is 0. The van der Waals surface area contributed by atoms with E-state index in [0.29, 0.717) is 11.3 Å². The average molecular weight is 251 g/mol. The van der Waals surface area contributed by atoms with E-state index in [1.54, 1.807) is 0 Å². The molecule has 3 heterocycles. The fourth-order valence-corrected chi connectivity index (χ4v) is 3.66. The van der Waals surface area contributed by atoms with E-state index in [0.717, 1.165) is 26.2 Å². The maximum Gasteiger partial charge on any atom is 0.228 e. The Bertz CT molecular complexity index is 354. The molecular weight excluding hydrogens is 226 g/mol. The van der Waals surface area contributed by atoms with Crippen LogP contribution in [0, 0.1) is 11.3 Å². The normalized spacial score (nSPS) is 28.8. The fraction of sp³-hybridized carbons (Fsp3) is 0.929. The van der Waals surface area contributed by atoms with E-state index < -0.39 is 0 Å². The van der Waals surface area contributed by atoms with E-state index >= 15 is 0 Å². The Labute approximate surface area is 110 Å². The highest BCUT2D eigenvalue weighted by atomic mass is 16.2. The number of rotatable bonds is 1. The Kier molecular flexibility index (Phi) is 2.55. The number of carbonyl (C=O) groups excluding carboxylic acids is 1. The fourth-order valence-electron chi connectivity index (χ4n) is 3.66. The number of likely N-dealkylation sites (tertiary alicyclic amines) is 3. The monoisotopic (exact) mass is 251 g/mol. The number of carbonyl (C=O) groups is 1. The highest BCUT2D eigenvalue weighted by molar-refractivity contribution is 5.81. The summed E-state index contributed by atoms with van der Waals surface area (Å²) in [5, 5.41) is 0. The molecule has 0 bridgehead atoms. The van der Waals surface area contributed by atoms with Gasteiger partial charge in [0, 0.05) is 50.2 Å². The van der Waals surface area contributed by atoms with Gasteiger partial charge in [-0.2, -0.15) is 0 Å². The topological polar surface area (TPSA) is 26.8 Å². The van der Waals surface area contributed by atoms with Crippen molar-refractivity contribution in [1.29, 1.82) is 0 Å². The van der Waals surface area contributed by atoms with Crippen molar-refractivity contribution < 1.29 is 4.79 Å². The van der Waals surface area contributed by atoms with Crippen LogP contribution in [0.2, 0.25) is 0 Å². The van der Waals surface area contributed by atoms with Crippen LogP contribution in [-0.4, -0.2) is 72.5 Å². The van der Waals surface area contributed by atoms with Gasteiger partial charge in [-0.15, -0.1) is 0 Å². The van der Waals surface area contributed by atoms with E-state index in [4.69, 9.17) is 0 Å². The number of amides is 1. The van der Waals surface area contributed by atoms with Gasteiger partial charge in [-0.3, -0.25) is 9.69 Å². The lowest BCUT2D eigenvalue weighted by Gasteiger charge is -2.60. The standard InChI is InChI=1S/C14H25N3O/c1-13(2,3)17-5-11(6-17)12(18)16-9-14(10-16)7-15(4)8-14/h11H,5-10H2,1-4H3. The number of hydrogen-bond acceptors (Lipinski definition) is 3. The molecule has 0 aromatic carbocycles. The van der Waals surface area contributed by atoms with Crippen molar-refractivity contribution in [1.82, 2.24) is 14.7 Å². The summed E-state index contributed by atoms with van der Waals surface area (Å²) in [4.78, 5) is 19.1. The second-order valence-corrected chi connectivity index (χ2v) is 7.64. The van der Waals surface area contributed by atoms with Gasteiger partial charge in [0.25, 0.3) is 0 Å². The molecule has 4 heteroatoms. The Morgan fingerprint density at radius 2 is 1.67 bits per heavy atom. The molecule has 0 aliphatic carbocycles. The maximum absolute atomic E-state index is 12.3.